The van der Waals surface area contributed by atoms with E-state index in [0.717, 1.165) is 16.5 Å². The number of thiol groups is 1. The number of aryl methyl sites for hydroxylation is 1. The van der Waals surface area contributed by atoms with Crippen LogP contribution in [0.1, 0.15) is 15.9 Å². The van der Waals surface area contributed by atoms with Gasteiger partial charge in [0.2, 0.25) is 0 Å². The molecule has 2 aromatic carbocycles. The van der Waals surface area contributed by atoms with Crippen LogP contribution in [0.2, 0.25) is 10.0 Å². The fourth-order valence-electron chi connectivity index (χ4n) is 2.38. The summed E-state index contributed by atoms with van der Waals surface area (Å²) in [4.78, 5) is 16.4. The van der Waals surface area contributed by atoms with Crippen LogP contribution in [-0.2, 0) is 0 Å². The number of hydrogen-bond donors (Lipinski definition) is 3. The Morgan fingerprint density at radius 1 is 1.25 bits per heavy atom. The fraction of sp³-hybridized carbons (Fsp3) is 0.0588. The maximum atomic E-state index is 11.5. The lowest BCUT2D eigenvalue weighted by Gasteiger charge is -2.15. The third-order valence-electron chi connectivity index (χ3n) is 3.60. The normalized spacial score (nSPS) is 10.8. The first-order valence-corrected chi connectivity index (χ1v) is 8.15. The maximum absolute atomic E-state index is 11.5. The number of hydrogen-bond acceptors (Lipinski definition) is 4. The van der Waals surface area contributed by atoms with Gasteiger partial charge < -0.3 is 10.4 Å². The molecule has 0 atom stereocenters. The van der Waals surface area contributed by atoms with Crippen molar-refractivity contribution in [3.63, 3.8) is 0 Å². The maximum Gasteiger partial charge on any atom is 0.337 e. The van der Waals surface area contributed by atoms with Gasteiger partial charge in [-0.1, -0.05) is 23.2 Å². The van der Waals surface area contributed by atoms with E-state index in [1.807, 2.05) is 6.92 Å². The molecular formula is C17H12Cl2N2O2S. The van der Waals surface area contributed by atoms with Crippen molar-refractivity contribution in [2.24, 2.45) is 0 Å². The average Bonchev–Trinajstić information content (AvgIpc) is 2.53. The number of halogens is 2. The van der Waals surface area contributed by atoms with E-state index in [1.54, 1.807) is 30.5 Å². The fourth-order valence-corrected chi connectivity index (χ4v) is 2.95. The lowest BCUT2D eigenvalue weighted by atomic mass is 10.1. The molecule has 3 aromatic rings. The number of rotatable bonds is 3. The zero-order valence-corrected chi connectivity index (χ0v) is 14.9. The molecule has 24 heavy (non-hydrogen) atoms. The lowest BCUT2D eigenvalue weighted by Crippen LogP contribution is -2.04. The van der Waals surface area contributed by atoms with Crippen LogP contribution in [0.5, 0.6) is 0 Å². The van der Waals surface area contributed by atoms with Crippen LogP contribution in [0.25, 0.3) is 10.9 Å². The molecule has 0 fully saturated rings. The molecule has 0 spiro atoms. The Labute approximate surface area is 153 Å². The Bertz CT molecular complexity index is 971. The molecule has 0 amide bonds. The Morgan fingerprint density at radius 2 is 2.00 bits per heavy atom. The van der Waals surface area contributed by atoms with E-state index in [9.17, 15) is 9.90 Å². The molecular weight excluding hydrogens is 367 g/mol. The number of aromatic carboxylic acids is 1. The van der Waals surface area contributed by atoms with Crippen LogP contribution in [0, 0.1) is 6.92 Å². The van der Waals surface area contributed by atoms with E-state index in [1.165, 1.54) is 6.07 Å². The standard InChI is InChI=1S/C17H12Cl2N2O2S/c1-8-4-14(11(17(22)23)6-12(8)19)21-16-10-5-9(18)2-3-13(10)20-7-15(16)24/h2-7,24H,1H3,(H,20,21)(H,22,23). The molecule has 0 aliphatic heterocycles. The summed E-state index contributed by atoms with van der Waals surface area (Å²) in [7, 11) is 0. The Hall–Kier alpha value is -1.95. The van der Waals surface area contributed by atoms with Crippen molar-refractivity contribution in [3.8, 4) is 0 Å². The number of nitrogens with one attached hydrogen (secondary N) is 1. The summed E-state index contributed by atoms with van der Waals surface area (Å²) in [6.07, 6.45) is 1.60. The first kappa shape index (κ1) is 16.9. The zero-order valence-electron chi connectivity index (χ0n) is 12.5. The van der Waals surface area contributed by atoms with Crippen molar-refractivity contribution < 1.29 is 9.90 Å². The molecule has 4 nitrogen and oxygen atoms in total. The van der Waals surface area contributed by atoms with Gasteiger partial charge in [-0.2, -0.15) is 0 Å². The molecule has 1 aromatic heterocycles. The molecule has 0 saturated heterocycles. The quantitative estimate of drug-likeness (QED) is 0.520. The summed E-state index contributed by atoms with van der Waals surface area (Å²) in [6, 6.07) is 8.41. The molecule has 122 valence electrons. The number of aromatic nitrogens is 1. The summed E-state index contributed by atoms with van der Waals surface area (Å²) in [5.41, 5.74) is 2.62. The van der Waals surface area contributed by atoms with E-state index in [2.05, 4.69) is 22.9 Å². The van der Waals surface area contributed by atoms with Gasteiger partial charge in [0, 0.05) is 26.5 Å². The third kappa shape index (κ3) is 3.15. The minimum absolute atomic E-state index is 0.0744. The molecule has 0 radical (unpaired) electrons. The van der Waals surface area contributed by atoms with E-state index >= 15 is 0 Å². The second-order valence-corrected chi connectivity index (χ2v) is 6.58. The molecule has 0 bridgehead atoms. The minimum Gasteiger partial charge on any atom is -0.478 e. The molecule has 0 aliphatic carbocycles. The predicted octanol–water partition coefficient (Wildman–Crippen LogP) is 5.58. The van der Waals surface area contributed by atoms with Crippen molar-refractivity contribution in [2.75, 3.05) is 5.32 Å². The van der Waals surface area contributed by atoms with Gasteiger partial charge in [0.25, 0.3) is 0 Å². The first-order valence-electron chi connectivity index (χ1n) is 6.94. The van der Waals surface area contributed by atoms with Gasteiger partial charge in [0.1, 0.15) is 0 Å². The van der Waals surface area contributed by atoms with Crippen LogP contribution in [-0.4, -0.2) is 16.1 Å². The second-order valence-electron chi connectivity index (χ2n) is 5.26. The SMILES string of the molecule is Cc1cc(Nc2c(S)cnc3ccc(Cl)cc23)c(C(=O)O)cc1Cl. The minimum atomic E-state index is -1.07. The molecule has 7 heteroatoms. The lowest BCUT2D eigenvalue weighted by molar-refractivity contribution is 0.0698. The number of fused-ring (bicyclic) bond motifs is 1. The van der Waals surface area contributed by atoms with Gasteiger partial charge in [0.15, 0.2) is 0 Å². The number of anilines is 2. The van der Waals surface area contributed by atoms with Crippen LogP contribution < -0.4 is 5.32 Å². The monoisotopic (exact) mass is 378 g/mol. The summed E-state index contributed by atoms with van der Waals surface area (Å²) in [5, 5.41) is 14.3. The summed E-state index contributed by atoms with van der Waals surface area (Å²) in [6.45, 7) is 1.81. The van der Waals surface area contributed by atoms with Crippen LogP contribution in [0.4, 0.5) is 11.4 Å². The Morgan fingerprint density at radius 3 is 2.71 bits per heavy atom. The van der Waals surface area contributed by atoms with E-state index in [-0.39, 0.29) is 5.56 Å². The first-order chi connectivity index (χ1) is 11.4. The van der Waals surface area contributed by atoms with E-state index in [4.69, 9.17) is 23.2 Å². The topological polar surface area (TPSA) is 62.2 Å². The number of nitrogens with zero attached hydrogens (tertiary/aromatic N) is 1. The van der Waals surface area contributed by atoms with Crippen molar-refractivity contribution >= 4 is 64.1 Å². The molecule has 1 heterocycles. The Balaban J connectivity index is 2.20. The van der Waals surface area contributed by atoms with Gasteiger partial charge >= 0.3 is 5.97 Å². The van der Waals surface area contributed by atoms with Gasteiger partial charge in [-0.25, -0.2) is 4.79 Å². The highest BCUT2D eigenvalue weighted by Gasteiger charge is 2.15. The number of carboxylic acid groups (broad SMARTS) is 1. The van der Waals surface area contributed by atoms with Crippen molar-refractivity contribution in [1.29, 1.82) is 0 Å². The summed E-state index contributed by atoms with van der Waals surface area (Å²) >= 11 is 16.6. The smallest absolute Gasteiger partial charge is 0.337 e. The van der Waals surface area contributed by atoms with Gasteiger partial charge in [-0.05, 0) is 42.8 Å². The molecule has 3 rings (SSSR count). The zero-order chi connectivity index (χ0) is 17.4. The highest BCUT2D eigenvalue weighted by atomic mass is 35.5. The van der Waals surface area contributed by atoms with E-state index in [0.29, 0.717) is 26.3 Å². The highest BCUT2D eigenvalue weighted by Crippen LogP contribution is 2.35. The van der Waals surface area contributed by atoms with Crippen molar-refractivity contribution in [2.45, 2.75) is 11.8 Å². The van der Waals surface area contributed by atoms with Crippen LogP contribution in [0.15, 0.2) is 41.4 Å². The predicted molar refractivity (Wildman–Crippen MR) is 100 cm³/mol. The second kappa shape index (κ2) is 6.51. The molecule has 2 N–H and O–H groups in total. The average molecular weight is 379 g/mol. The number of pyridine rings is 1. The molecule has 0 saturated carbocycles. The van der Waals surface area contributed by atoms with Gasteiger partial charge in [0.05, 0.1) is 22.5 Å². The van der Waals surface area contributed by atoms with Crippen LogP contribution >= 0.6 is 35.8 Å². The molecule has 0 aliphatic rings. The third-order valence-corrected chi connectivity index (χ3v) is 4.58. The largest absolute Gasteiger partial charge is 0.478 e. The molecule has 0 unspecified atom stereocenters. The summed E-state index contributed by atoms with van der Waals surface area (Å²) < 4.78 is 0. The number of carbonyl (C=O) groups is 1. The van der Waals surface area contributed by atoms with Crippen molar-refractivity contribution in [1.82, 2.24) is 4.98 Å². The van der Waals surface area contributed by atoms with Crippen LogP contribution in [0.3, 0.4) is 0 Å². The number of benzene rings is 2. The summed E-state index contributed by atoms with van der Waals surface area (Å²) in [5.74, 6) is -1.07. The number of carboxylic acids is 1. The highest BCUT2D eigenvalue weighted by molar-refractivity contribution is 7.80. The van der Waals surface area contributed by atoms with Gasteiger partial charge in [-0.3, -0.25) is 4.98 Å². The Kier molecular flexibility index (Phi) is 4.58. The van der Waals surface area contributed by atoms with Crippen molar-refractivity contribution in [3.05, 3.63) is 57.7 Å². The van der Waals surface area contributed by atoms with E-state index < -0.39 is 5.97 Å². The van der Waals surface area contributed by atoms with Gasteiger partial charge in [-0.15, -0.1) is 12.6 Å².